The SMILES string of the molecule is NNC(C1=CCCCC1)C1CCCCCCC1. The molecule has 1 saturated carbocycles. The van der Waals surface area contributed by atoms with Crippen LogP contribution in [0.1, 0.15) is 70.6 Å². The van der Waals surface area contributed by atoms with E-state index in [1.807, 2.05) is 0 Å². The number of hydrogen-bond acceptors (Lipinski definition) is 2. The summed E-state index contributed by atoms with van der Waals surface area (Å²) in [7, 11) is 0. The molecule has 2 nitrogen and oxygen atoms in total. The highest BCUT2D eigenvalue weighted by molar-refractivity contribution is 5.14. The Kier molecular flexibility index (Phi) is 5.53. The number of nitrogens with two attached hydrogens (primary N) is 1. The highest BCUT2D eigenvalue weighted by atomic mass is 15.2. The molecular weight excluding hydrogens is 208 g/mol. The Hall–Kier alpha value is -0.340. The molecule has 2 aliphatic carbocycles. The van der Waals surface area contributed by atoms with E-state index in [1.54, 1.807) is 5.57 Å². The van der Waals surface area contributed by atoms with Crippen molar-refractivity contribution in [2.24, 2.45) is 11.8 Å². The first-order valence-corrected chi connectivity index (χ1v) is 7.57. The predicted molar refractivity (Wildman–Crippen MR) is 73.5 cm³/mol. The normalized spacial score (nSPS) is 25.8. The quantitative estimate of drug-likeness (QED) is 0.446. The molecule has 2 rings (SSSR count). The van der Waals surface area contributed by atoms with Gasteiger partial charge in [0.15, 0.2) is 0 Å². The fraction of sp³-hybridized carbons (Fsp3) is 0.867. The summed E-state index contributed by atoms with van der Waals surface area (Å²) in [5.74, 6) is 6.62. The average molecular weight is 236 g/mol. The third-order valence-corrected chi connectivity index (χ3v) is 4.53. The van der Waals surface area contributed by atoms with Crippen molar-refractivity contribution < 1.29 is 0 Å². The van der Waals surface area contributed by atoms with Crippen molar-refractivity contribution in [1.82, 2.24) is 5.43 Å². The molecule has 0 aromatic carbocycles. The molecule has 17 heavy (non-hydrogen) atoms. The van der Waals surface area contributed by atoms with Gasteiger partial charge in [0.05, 0.1) is 0 Å². The molecule has 98 valence electrons. The standard InChI is InChI=1S/C15H28N2/c16-17-15(14-11-7-4-8-12-14)13-9-5-2-1-3-6-10-13/h11,13,15,17H,1-10,12,16H2. The van der Waals surface area contributed by atoms with Crippen molar-refractivity contribution in [2.75, 3.05) is 0 Å². The largest absolute Gasteiger partial charge is 0.271 e. The summed E-state index contributed by atoms with van der Waals surface area (Å²) in [5, 5.41) is 0. The van der Waals surface area contributed by atoms with E-state index >= 15 is 0 Å². The van der Waals surface area contributed by atoms with Crippen LogP contribution < -0.4 is 11.3 Å². The van der Waals surface area contributed by atoms with E-state index in [-0.39, 0.29) is 0 Å². The molecule has 2 aliphatic rings. The molecule has 0 aliphatic heterocycles. The number of allylic oxidation sites excluding steroid dienone is 1. The van der Waals surface area contributed by atoms with E-state index in [2.05, 4.69) is 11.5 Å². The second-order valence-corrected chi connectivity index (χ2v) is 5.77. The van der Waals surface area contributed by atoms with Gasteiger partial charge in [-0.3, -0.25) is 11.3 Å². The van der Waals surface area contributed by atoms with Crippen LogP contribution in [0.15, 0.2) is 11.6 Å². The highest BCUT2D eigenvalue weighted by Gasteiger charge is 2.24. The summed E-state index contributed by atoms with van der Waals surface area (Å²) in [6.07, 6.45) is 17.5. The van der Waals surface area contributed by atoms with Crippen molar-refractivity contribution in [2.45, 2.75) is 76.7 Å². The van der Waals surface area contributed by atoms with Crippen LogP contribution in [0.3, 0.4) is 0 Å². The fourth-order valence-corrected chi connectivity index (χ4v) is 3.51. The number of hydrogen-bond donors (Lipinski definition) is 2. The lowest BCUT2D eigenvalue weighted by molar-refractivity contribution is 0.305. The van der Waals surface area contributed by atoms with Crippen molar-refractivity contribution in [3.05, 3.63) is 11.6 Å². The first-order valence-electron chi connectivity index (χ1n) is 7.57. The van der Waals surface area contributed by atoms with E-state index in [4.69, 9.17) is 5.84 Å². The molecule has 3 N–H and O–H groups in total. The average Bonchev–Trinajstić information content (AvgIpc) is 2.34. The number of hydrazine groups is 1. The van der Waals surface area contributed by atoms with Gasteiger partial charge >= 0.3 is 0 Å². The number of rotatable bonds is 3. The minimum atomic E-state index is 0.466. The molecular formula is C15H28N2. The molecule has 0 aromatic heterocycles. The minimum Gasteiger partial charge on any atom is -0.271 e. The zero-order chi connectivity index (χ0) is 11.9. The zero-order valence-electron chi connectivity index (χ0n) is 11.1. The van der Waals surface area contributed by atoms with Gasteiger partial charge in [0.25, 0.3) is 0 Å². The summed E-state index contributed by atoms with van der Waals surface area (Å²) >= 11 is 0. The van der Waals surface area contributed by atoms with Crippen molar-refractivity contribution in [3.8, 4) is 0 Å². The Morgan fingerprint density at radius 1 is 1.00 bits per heavy atom. The summed E-state index contributed by atoms with van der Waals surface area (Å²) in [6, 6.07) is 0.466. The van der Waals surface area contributed by atoms with Gasteiger partial charge in [-0.2, -0.15) is 0 Å². The van der Waals surface area contributed by atoms with Gasteiger partial charge in [-0.25, -0.2) is 0 Å². The molecule has 0 amide bonds. The van der Waals surface area contributed by atoms with Crippen LogP contribution in [-0.2, 0) is 0 Å². The molecule has 1 atom stereocenters. The van der Waals surface area contributed by atoms with Crippen molar-refractivity contribution >= 4 is 0 Å². The van der Waals surface area contributed by atoms with E-state index in [0.717, 1.165) is 5.92 Å². The van der Waals surface area contributed by atoms with Crippen LogP contribution in [0.2, 0.25) is 0 Å². The second-order valence-electron chi connectivity index (χ2n) is 5.77. The van der Waals surface area contributed by atoms with Gasteiger partial charge in [-0.1, -0.05) is 43.8 Å². The van der Waals surface area contributed by atoms with E-state index in [0.29, 0.717) is 6.04 Å². The van der Waals surface area contributed by atoms with Crippen LogP contribution in [0.4, 0.5) is 0 Å². The second kappa shape index (κ2) is 7.17. The lowest BCUT2D eigenvalue weighted by Gasteiger charge is -2.31. The Bertz CT molecular complexity index is 239. The van der Waals surface area contributed by atoms with Crippen LogP contribution in [0.5, 0.6) is 0 Å². The third-order valence-electron chi connectivity index (χ3n) is 4.53. The summed E-state index contributed by atoms with van der Waals surface area (Å²) in [5.41, 5.74) is 4.72. The van der Waals surface area contributed by atoms with E-state index in [9.17, 15) is 0 Å². The molecule has 2 heteroatoms. The maximum Gasteiger partial charge on any atom is 0.0447 e. The maximum atomic E-state index is 5.83. The smallest absolute Gasteiger partial charge is 0.0447 e. The van der Waals surface area contributed by atoms with Crippen LogP contribution in [-0.4, -0.2) is 6.04 Å². The van der Waals surface area contributed by atoms with Gasteiger partial charge in [0, 0.05) is 6.04 Å². The predicted octanol–water partition coefficient (Wildman–Crippen LogP) is 3.68. The Morgan fingerprint density at radius 3 is 2.29 bits per heavy atom. The van der Waals surface area contributed by atoms with E-state index < -0.39 is 0 Å². The topological polar surface area (TPSA) is 38.0 Å². The minimum absolute atomic E-state index is 0.466. The first-order chi connectivity index (χ1) is 8.42. The Balaban J connectivity index is 1.97. The molecule has 0 spiro atoms. The first kappa shape index (κ1) is 13.1. The molecule has 1 fully saturated rings. The monoisotopic (exact) mass is 236 g/mol. The molecule has 0 bridgehead atoms. The molecule has 0 radical (unpaired) electrons. The van der Waals surface area contributed by atoms with Crippen LogP contribution >= 0.6 is 0 Å². The Morgan fingerprint density at radius 2 is 1.71 bits per heavy atom. The van der Waals surface area contributed by atoms with Crippen molar-refractivity contribution in [1.29, 1.82) is 0 Å². The van der Waals surface area contributed by atoms with E-state index in [1.165, 1.54) is 70.6 Å². The summed E-state index contributed by atoms with van der Waals surface area (Å²) < 4.78 is 0. The van der Waals surface area contributed by atoms with Gasteiger partial charge in [0.1, 0.15) is 0 Å². The van der Waals surface area contributed by atoms with Crippen LogP contribution in [0, 0.1) is 5.92 Å². The summed E-state index contributed by atoms with van der Waals surface area (Å²) in [6.45, 7) is 0. The lowest BCUT2D eigenvalue weighted by Crippen LogP contribution is -2.43. The molecule has 1 unspecified atom stereocenters. The Labute approximate surface area is 106 Å². The van der Waals surface area contributed by atoms with Gasteiger partial charge in [-0.05, 0) is 44.4 Å². The van der Waals surface area contributed by atoms with Crippen molar-refractivity contribution in [3.63, 3.8) is 0 Å². The summed E-state index contributed by atoms with van der Waals surface area (Å²) in [4.78, 5) is 0. The van der Waals surface area contributed by atoms with Gasteiger partial charge < -0.3 is 0 Å². The third kappa shape index (κ3) is 3.82. The lowest BCUT2D eigenvalue weighted by atomic mass is 9.80. The van der Waals surface area contributed by atoms with Crippen LogP contribution in [0.25, 0.3) is 0 Å². The maximum absolute atomic E-state index is 5.83. The highest BCUT2D eigenvalue weighted by Crippen LogP contribution is 2.31. The fourth-order valence-electron chi connectivity index (χ4n) is 3.51. The number of nitrogens with one attached hydrogen (secondary N) is 1. The molecule has 0 aromatic rings. The molecule has 0 saturated heterocycles. The molecule has 0 heterocycles. The van der Waals surface area contributed by atoms with Gasteiger partial charge in [0.2, 0.25) is 0 Å². The zero-order valence-corrected chi connectivity index (χ0v) is 11.1. The van der Waals surface area contributed by atoms with Gasteiger partial charge in [-0.15, -0.1) is 0 Å².